The molecule has 0 N–H and O–H groups in total. The van der Waals surface area contributed by atoms with Gasteiger partial charge in [-0.05, 0) is 23.3 Å². The second-order valence-corrected chi connectivity index (χ2v) is 4.77. The van der Waals surface area contributed by atoms with Crippen LogP contribution in [0.5, 0.6) is 0 Å². The van der Waals surface area contributed by atoms with Crippen LogP contribution in [0.2, 0.25) is 5.15 Å². The first kappa shape index (κ1) is 14.3. The average Bonchev–Trinajstić information content (AvgIpc) is 2.46. The number of benzene rings is 1. The molecule has 2 aromatic rings. The number of pyridine rings is 1. The first-order chi connectivity index (χ1) is 9.65. The summed E-state index contributed by atoms with van der Waals surface area (Å²) in [4.78, 5) is 17.3. The molecule has 1 aromatic heterocycles. The van der Waals surface area contributed by atoms with E-state index in [1.165, 1.54) is 4.90 Å². The Hall–Kier alpha value is -2.07. The summed E-state index contributed by atoms with van der Waals surface area (Å²) >= 11 is 5.80. The second kappa shape index (κ2) is 6.91. The van der Waals surface area contributed by atoms with Crippen LogP contribution in [-0.4, -0.2) is 23.0 Å². The Morgan fingerprint density at radius 3 is 2.70 bits per heavy atom. The minimum atomic E-state index is -0.373. The fourth-order valence-electron chi connectivity index (χ4n) is 1.71. The van der Waals surface area contributed by atoms with Crippen molar-refractivity contribution in [2.75, 3.05) is 7.05 Å². The molecule has 0 saturated carbocycles. The van der Waals surface area contributed by atoms with Crippen molar-refractivity contribution < 1.29 is 9.53 Å². The van der Waals surface area contributed by atoms with Crippen molar-refractivity contribution in [3.8, 4) is 0 Å². The van der Waals surface area contributed by atoms with Gasteiger partial charge in [-0.2, -0.15) is 0 Å². The number of nitrogens with zero attached hydrogens (tertiary/aromatic N) is 2. The molecule has 0 fully saturated rings. The summed E-state index contributed by atoms with van der Waals surface area (Å²) in [6.45, 7) is 0.691. The summed E-state index contributed by atoms with van der Waals surface area (Å²) in [5, 5.41) is 0.411. The first-order valence-corrected chi connectivity index (χ1v) is 6.55. The monoisotopic (exact) mass is 290 g/mol. The number of ether oxygens (including phenoxy) is 1. The molecule has 1 aromatic carbocycles. The topological polar surface area (TPSA) is 42.4 Å². The van der Waals surface area contributed by atoms with Gasteiger partial charge in [-0.1, -0.05) is 41.9 Å². The molecule has 5 heteroatoms. The molecule has 0 aliphatic carbocycles. The van der Waals surface area contributed by atoms with Crippen molar-refractivity contribution in [2.24, 2.45) is 0 Å². The Balaban J connectivity index is 1.86. The van der Waals surface area contributed by atoms with Crippen molar-refractivity contribution in [1.29, 1.82) is 0 Å². The molecule has 4 nitrogen and oxygen atoms in total. The SMILES string of the molecule is CN(Cc1ccnc(Cl)c1)C(=O)OCc1ccccc1. The zero-order chi connectivity index (χ0) is 14.4. The molecule has 0 atom stereocenters. The quantitative estimate of drug-likeness (QED) is 0.809. The predicted octanol–water partition coefficient (Wildman–Crippen LogP) is 3.50. The van der Waals surface area contributed by atoms with Crippen molar-refractivity contribution in [3.63, 3.8) is 0 Å². The van der Waals surface area contributed by atoms with Crippen LogP contribution >= 0.6 is 11.6 Å². The van der Waals surface area contributed by atoms with Crippen molar-refractivity contribution >= 4 is 17.7 Å². The summed E-state index contributed by atoms with van der Waals surface area (Å²) in [6, 6.07) is 13.1. The van der Waals surface area contributed by atoms with E-state index in [0.717, 1.165) is 11.1 Å². The number of hydrogen-bond acceptors (Lipinski definition) is 3. The lowest BCUT2D eigenvalue weighted by Crippen LogP contribution is -2.26. The van der Waals surface area contributed by atoms with Gasteiger partial charge in [-0.25, -0.2) is 9.78 Å². The van der Waals surface area contributed by atoms with Gasteiger partial charge < -0.3 is 9.64 Å². The maximum atomic E-state index is 11.9. The van der Waals surface area contributed by atoms with Crippen LogP contribution < -0.4 is 0 Å². The number of hydrogen-bond donors (Lipinski definition) is 0. The highest BCUT2D eigenvalue weighted by molar-refractivity contribution is 6.29. The predicted molar refractivity (Wildman–Crippen MR) is 77.3 cm³/mol. The van der Waals surface area contributed by atoms with Crippen LogP contribution in [0.15, 0.2) is 48.7 Å². The molecule has 1 heterocycles. The average molecular weight is 291 g/mol. The van der Waals surface area contributed by atoms with E-state index >= 15 is 0 Å². The van der Waals surface area contributed by atoms with Crippen LogP contribution in [0.3, 0.4) is 0 Å². The van der Waals surface area contributed by atoms with Gasteiger partial charge in [0.2, 0.25) is 0 Å². The van der Waals surface area contributed by atoms with Gasteiger partial charge in [-0.3, -0.25) is 0 Å². The van der Waals surface area contributed by atoms with E-state index in [-0.39, 0.29) is 12.7 Å². The maximum absolute atomic E-state index is 11.9. The Labute approximate surface area is 123 Å². The molecular weight excluding hydrogens is 276 g/mol. The van der Waals surface area contributed by atoms with Crippen LogP contribution in [0.4, 0.5) is 4.79 Å². The van der Waals surface area contributed by atoms with Crippen molar-refractivity contribution in [1.82, 2.24) is 9.88 Å². The van der Waals surface area contributed by atoms with Crippen molar-refractivity contribution in [2.45, 2.75) is 13.2 Å². The lowest BCUT2D eigenvalue weighted by atomic mass is 10.2. The van der Waals surface area contributed by atoms with E-state index in [1.54, 1.807) is 19.3 Å². The highest BCUT2D eigenvalue weighted by atomic mass is 35.5. The standard InChI is InChI=1S/C15H15ClN2O2/c1-18(10-13-7-8-17-14(16)9-13)15(19)20-11-12-5-3-2-4-6-12/h2-9H,10-11H2,1H3. The maximum Gasteiger partial charge on any atom is 0.410 e. The molecule has 0 spiro atoms. The largest absolute Gasteiger partial charge is 0.445 e. The van der Waals surface area contributed by atoms with Gasteiger partial charge in [0.05, 0.1) is 0 Å². The summed E-state index contributed by atoms with van der Waals surface area (Å²) in [7, 11) is 1.68. The zero-order valence-corrected chi connectivity index (χ0v) is 11.9. The summed E-state index contributed by atoms with van der Waals surface area (Å²) < 4.78 is 5.23. The van der Waals surface area contributed by atoms with Crippen LogP contribution in [0.1, 0.15) is 11.1 Å². The highest BCUT2D eigenvalue weighted by Gasteiger charge is 2.11. The molecule has 0 saturated heterocycles. The van der Waals surface area contributed by atoms with Gasteiger partial charge >= 0.3 is 6.09 Å². The van der Waals surface area contributed by atoms with Crippen LogP contribution in [0.25, 0.3) is 0 Å². The number of carbonyl (C=O) groups is 1. The highest BCUT2D eigenvalue weighted by Crippen LogP contribution is 2.10. The molecular formula is C15H15ClN2O2. The molecule has 0 bridgehead atoms. The van der Waals surface area contributed by atoms with Crippen molar-refractivity contribution in [3.05, 3.63) is 64.9 Å². The summed E-state index contributed by atoms with van der Waals surface area (Å²) in [5.41, 5.74) is 1.87. The molecule has 2 rings (SSSR count). The Bertz CT molecular complexity index is 575. The van der Waals surface area contributed by atoms with E-state index in [2.05, 4.69) is 4.98 Å². The Morgan fingerprint density at radius 1 is 1.25 bits per heavy atom. The van der Waals surface area contributed by atoms with Gasteiger partial charge in [0, 0.05) is 19.8 Å². The van der Waals surface area contributed by atoms with Gasteiger partial charge in [0.15, 0.2) is 0 Å². The number of carbonyl (C=O) groups excluding carboxylic acids is 1. The molecule has 0 unspecified atom stereocenters. The molecule has 20 heavy (non-hydrogen) atoms. The zero-order valence-electron chi connectivity index (χ0n) is 11.1. The van der Waals surface area contributed by atoms with Gasteiger partial charge in [0.25, 0.3) is 0 Å². The number of aromatic nitrogens is 1. The fourth-order valence-corrected chi connectivity index (χ4v) is 1.91. The number of rotatable bonds is 4. The fraction of sp³-hybridized carbons (Fsp3) is 0.200. The summed E-state index contributed by atoms with van der Waals surface area (Å²) in [5.74, 6) is 0. The third-order valence-electron chi connectivity index (χ3n) is 2.73. The number of halogens is 1. The van der Waals surface area contributed by atoms with E-state index in [9.17, 15) is 4.79 Å². The molecule has 0 aliphatic heterocycles. The van der Waals surface area contributed by atoms with Crippen LogP contribution in [0, 0.1) is 0 Å². The first-order valence-electron chi connectivity index (χ1n) is 6.17. The number of amides is 1. The van der Waals surface area contributed by atoms with Crippen LogP contribution in [-0.2, 0) is 17.9 Å². The van der Waals surface area contributed by atoms with E-state index in [1.807, 2.05) is 36.4 Å². The minimum absolute atomic E-state index is 0.265. The Kier molecular flexibility index (Phi) is 4.96. The molecule has 1 amide bonds. The molecule has 0 radical (unpaired) electrons. The van der Waals surface area contributed by atoms with E-state index in [0.29, 0.717) is 11.7 Å². The van der Waals surface area contributed by atoms with Gasteiger partial charge in [-0.15, -0.1) is 0 Å². The molecule has 104 valence electrons. The third-order valence-corrected chi connectivity index (χ3v) is 2.93. The molecule has 0 aliphatic rings. The van der Waals surface area contributed by atoms with Gasteiger partial charge in [0.1, 0.15) is 11.8 Å². The lowest BCUT2D eigenvalue weighted by molar-refractivity contribution is 0.103. The smallest absolute Gasteiger partial charge is 0.410 e. The summed E-state index contributed by atoms with van der Waals surface area (Å²) in [6.07, 6.45) is 1.24. The second-order valence-electron chi connectivity index (χ2n) is 4.38. The lowest BCUT2D eigenvalue weighted by Gasteiger charge is -2.17. The Morgan fingerprint density at radius 2 is 2.00 bits per heavy atom. The third kappa shape index (κ3) is 4.24. The minimum Gasteiger partial charge on any atom is -0.445 e. The van der Waals surface area contributed by atoms with E-state index in [4.69, 9.17) is 16.3 Å². The van der Waals surface area contributed by atoms with E-state index < -0.39 is 0 Å². The normalized spacial score (nSPS) is 10.1.